The van der Waals surface area contributed by atoms with Gasteiger partial charge in [-0.3, -0.25) is 0 Å². The fourth-order valence-electron chi connectivity index (χ4n) is 3.03. The Hall–Kier alpha value is -0.590. The van der Waals surface area contributed by atoms with Crippen molar-refractivity contribution in [3.05, 3.63) is 0 Å². The largest absolute Gasteiger partial charge is 0.312 e. The molecule has 2 unspecified atom stereocenters. The summed E-state index contributed by atoms with van der Waals surface area (Å²) >= 11 is 0. The van der Waals surface area contributed by atoms with E-state index in [2.05, 4.69) is 44.2 Å². The molecule has 1 aliphatic rings. The Bertz CT molecular complexity index is 278. The smallest absolute Gasteiger partial charge is 0.0672 e. The summed E-state index contributed by atoms with van der Waals surface area (Å²) in [7, 11) is 4.23. The molecule has 1 saturated carbocycles. The fraction of sp³-hybridized carbons (Fsp3) is 0.933. The zero-order valence-electron chi connectivity index (χ0n) is 12.5. The van der Waals surface area contributed by atoms with Crippen LogP contribution in [0.25, 0.3) is 0 Å². The first-order valence-corrected chi connectivity index (χ1v) is 7.22. The summed E-state index contributed by atoms with van der Waals surface area (Å²) in [6.07, 6.45) is 6.01. The van der Waals surface area contributed by atoms with Gasteiger partial charge in [0, 0.05) is 19.1 Å². The molecule has 0 spiro atoms. The van der Waals surface area contributed by atoms with Crippen LogP contribution in [0.15, 0.2) is 0 Å². The number of nitrogens with one attached hydrogen (secondary N) is 1. The van der Waals surface area contributed by atoms with Gasteiger partial charge < -0.3 is 10.2 Å². The Morgan fingerprint density at radius 1 is 1.22 bits per heavy atom. The van der Waals surface area contributed by atoms with Gasteiger partial charge in [-0.25, -0.2) is 0 Å². The summed E-state index contributed by atoms with van der Waals surface area (Å²) in [5, 5.41) is 12.9. The van der Waals surface area contributed by atoms with Crippen LogP contribution in [0, 0.1) is 22.7 Å². The SMILES string of the molecule is CN(C)CC(C)(C)CNC1CCCCCC1C#N. The highest BCUT2D eigenvalue weighted by atomic mass is 15.1. The highest BCUT2D eigenvalue weighted by molar-refractivity contribution is 4.94. The molecule has 1 rings (SSSR count). The van der Waals surface area contributed by atoms with Gasteiger partial charge in [0.25, 0.3) is 0 Å². The predicted molar refractivity (Wildman–Crippen MR) is 76.3 cm³/mol. The molecule has 1 fully saturated rings. The Labute approximate surface area is 113 Å². The molecule has 0 amide bonds. The third-order valence-electron chi connectivity index (χ3n) is 3.77. The molecular formula is C15H29N3. The molecule has 104 valence electrons. The first-order valence-electron chi connectivity index (χ1n) is 7.22. The summed E-state index contributed by atoms with van der Waals surface area (Å²) in [6.45, 7) is 6.65. The number of nitrogens with zero attached hydrogens (tertiary/aromatic N) is 2. The maximum Gasteiger partial charge on any atom is 0.0672 e. The standard InChI is InChI=1S/C15H29N3/c1-15(2,12-18(3)4)11-17-14-9-7-5-6-8-13(14)10-16/h13-14,17H,5-9,11-12H2,1-4H3. The Morgan fingerprint density at radius 2 is 1.89 bits per heavy atom. The summed E-state index contributed by atoms with van der Waals surface area (Å²) in [4.78, 5) is 2.23. The number of rotatable bonds is 5. The molecule has 1 N–H and O–H groups in total. The molecule has 0 heterocycles. The second-order valence-electron chi connectivity index (χ2n) is 6.76. The molecular weight excluding hydrogens is 222 g/mol. The third kappa shape index (κ3) is 5.37. The minimum absolute atomic E-state index is 0.211. The van der Waals surface area contributed by atoms with E-state index < -0.39 is 0 Å². The number of hydrogen-bond acceptors (Lipinski definition) is 3. The molecule has 0 aromatic carbocycles. The van der Waals surface area contributed by atoms with Gasteiger partial charge in [-0.15, -0.1) is 0 Å². The number of hydrogen-bond donors (Lipinski definition) is 1. The molecule has 0 radical (unpaired) electrons. The van der Waals surface area contributed by atoms with E-state index >= 15 is 0 Å². The van der Waals surface area contributed by atoms with Crippen molar-refractivity contribution in [2.24, 2.45) is 11.3 Å². The highest BCUT2D eigenvalue weighted by Gasteiger charge is 2.26. The van der Waals surface area contributed by atoms with Crippen LogP contribution in [0.3, 0.4) is 0 Å². The molecule has 0 aliphatic heterocycles. The fourth-order valence-corrected chi connectivity index (χ4v) is 3.03. The second-order valence-corrected chi connectivity index (χ2v) is 6.76. The lowest BCUT2D eigenvalue weighted by molar-refractivity contribution is 0.217. The van der Waals surface area contributed by atoms with E-state index in [1.807, 2.05) is 0 Å². The molecule has 1 aliphatic carbocycles. The van der Waals surface area contributed by atoms with Gasteiger partial charge in [-0.1, -0.05) is 33.1 Å². The Morgan fingerprint density at radius 3 is 2.50 bits per heavy atom. The van der Waals surface area contributed by atoms with Gasteiger partial charge in [0.2, 0.25) is 0 Å². The van der Waals surface area contributed by atoms with E-state index in [-0.39, 0.29) is 11.3 Å². The van der Waals surface area contributed by atoms with Crippen molar-refractivity contribution in [1.29, 1.82) is 5.26 Å². The zero-order chi connectivity index (χ0) is 13.6. The lowest BCUT2D eigenvalue weighted by atomic mass is 9.90. The zero-order valence-corrected chi connectivity index (χ0v) is 12.5. The Balaban J connectivity index is 2.47. The first-order chi connectivity index (χ1) is 8.44. The van der Waals surface area contributed by atoms with E-state index in [9.17, 15) is 5.26 Å². The molecule has 0 bridgehead atoms. The van der Waals surface area contributed by atoms with E-state index in [4.69, 9.17) is 0 Å². The van der Waals surface area contributed by atoms with Gasteiger partial charge in [0.1, 0.15) is 0 Å². The van der Waals surface area contributed by atoms with Gasteiger partial charge in [-0.05, 0) is 32.4 Å². The molecule has 0 aromatic heterocycles. The minimum atomic E-state index is 0.211. The summed E-state index contributed by atoms with van der Waals surface area (Å²) in [5.41, 5.74) is 0.260. The van der Waals surface area contributed by atoms with Crippen molar-refractivity contribution in [1.82, 2.24) is 10.2 Å². The summed E-state index contributed by atoms with van der Waals surface area (Å²) < 4.78 is 0. The molecule has 0 aromatic rings. The minimum Gasteiger partial charge on any atom is -0.312 e. The monoisotopic (exact) mass is 251 g/mol. The molecule has 0 saturated heterocycles. The quantitative estimate of drug-likeness (QED) is 0.764. The van der Waals surface area contributed by atoms with Crippen LogP contribution in [-0.4, -0.2) is 38.1 Å². The van der Waals surface area contributed by atoms with Crippen LogP contribution in [-0.2, 0) is 0 Å². The molecule has 2 atom stereocenters. The molecule has 3 heteroatoms. The van der Waals surface area contributed by atoms with Crippen molar-refractivity contribution in [3.63, 3.8) is 0 Å². The van der Waals surface area contributed by atoms with Crippen molar-refractivity contribution in [2.75, 3.05) is 27.2 Å². The van der Waals surface area contributed by atoms with Crippen LogP contribution in [0.5, 0.6) is 0 Å². The third-order valence-corrected chi connectivity index (χ3v) is 3.77. The van der Waals surface area contributed by atoms with Gasteiger partial charge in [0.15, 0.2) is 0 Å². The van der Waals surface area contributed by atoms with Gasteiger partial charge in [0.05, 0.1) is 12.0 Å². The van der Waals surface area contributed by atoms with Crippen LogP contribution in [0.2, 0.25) is 0 Å². The van der Waals surface area contributed by atoms with Crippen LogP contribution in [0.4, 0.5) is 0 Å². The topological polar surface area (TPSA) is 39.1 Å². The van der Waals surface area contributed by atoms with Crippen molar-refractivity contribution < 1.29 is 0 Å². The lowest BCUT2D eigenvalue weighted by Crippen LogP contribution is -2.44. The maximum absolute atomic E-state index is 9.26. The van der Waals surface area contributed by atoms with E-state index in [1.165, 1.54) is 19.3 Å². The van der Waals surface area contributed by atoms with Gasteiger partial charge in [-0.2, -0.15) is 5.26 Å². The van der Waals surface area contributed by atoms with Crippen LogP contribution < -0.4 is 5.32 Å². The highest BCUT2D eigenvalue weighted by Crippen LogP contribution is 2.24. The van der Waals surface area contributed by atoms with Crippen molar-refractivity contribution in [3.8, 4) is 6.07 Å². The van der Waals surface area contributed by atoms with Crippen molar-refractivity contribution in [2.45, 2.75) is 52.0 Å². The average molecular weight is 251 g/mol. The number of nitriles is 1. The van der Waals surface area contributed by atoms with E-state index in [0.29, 0.717) is 6.04 Å². The lowest BCUT2D eigenvalue weighted by Gasteiger charge is -2.31. The van der Waals surface area contributed by atoms with Gasteiger partial charge >= 0.3 is 0 Å². The van der Waals surface area contributed by atoms with Crippen LogP contribution in [0.1, 0.15) is 46.0 Å². The first kappa shape index (κ1) is 15.5. The van der Waals surface area contributed by atoms with E-state index in [1.54, 1.807) is 0 Å². The molecule has 3 nitrogen and oxygen atoms in total. The second kappa shape index (κ2) is 7.11. The molecule has 18 heavy (non-hydrogen) atoms. The Kier molecular flexibility index (Phi) is 6.11. The predicted octanol–water partition coefficient (Wildman–Crippen LogP) is 2.64. The van der Waals surface area contributed by atoms with Crippen LogP contribution >= 0.6 is 0 Å². The van der Waals surface area contributed by atoms with Crippen molar-refractivity contribution >= 4 is 0 Å². The normalized spacial score (nSPS) is 25.8. The average Bonchev–Trinajstić information content (AvgIpc) is 2.49. The summed E-state index contributed by atoms with van der Waals surface area (Å²) in [5.74, 6) is 0.211. The van der Waals surface area contributed by atoms with E-state index in [0.717, 1.165) is 25.9 Å². The maximum atomic E-state index is 9.26. The summed E-state index contributed by atoms with van der Waals surface area (Å²) in [6, 6.07) is 2.90.